The second kappa shape index (κ2) is 6.04. The Hall–Kier alpha value is -1.59. The van der Waals surface area contributed by atoms with Crippen LogP contribution in [0.5, 0.6) is 0 Å². The summed E-state index contributed by atoms with van der Waals surface area (Å²) < 4.78 is 13.1. The van der Waals surface area contributed by atoms with Crippen molar-refractivity contribution in [3.63, 3.8) is 0 Å². The van der Waals surface area contributed by atoms with Gasteiger partial charge in [-0.1, -0.05) is 11.6 Å². The van der Waals surface area contributed by atoms with Crippen molar-refractivity contribution >= 4 is 34.6 Å². The van der Waals surface area contributed by atoms with Gasteiger partial charge in [0, 0.05) is 16.3 Å². The number of nitrogens with one attached hydrogen (secondary N) is 1. The van der Waals surface area contributed by atoms with Crippen LogP contribution in [-0.2, 0) is 17.8 Å². The SMILES string of the molecule is O=C(O)Cc1ccc(CNc2cc(F)ccc2Cl)s1. The minimum Gasteiger partial charge on any atom is -0.481 e. The van der Waals surface area contributed by atoms with Crippen LogP contribution in [0.3, 0.4) is 0 Å². The van der Waals surface area contributed by atoms with Gasteiger partial charge in [-0.05, 0) is 30.3 Å². The maximum atomic E-state index is 13.1. The number of aliphatic carboxylic acids is 1. The molecule has 0 atom stereocenters. The molecule has 1 aromatic carbocycles. The van der Waals surface area contributed by atoms with Crippen LogP contribution < -0.4 is 5.32 Å². The quantitative estimate of drug-likeness (QED) is 0.883. The Morgan fingerprint density at radius 2 is 2.05 bits per heavy atom. The fourth-order valence-corrected chi connectivity index (χ4v) is 2.71. The second-order valence-corrected chi connectivity index (χ2v) is 5.58. The Bertz CT molecular complexity index is 600. The van der Waals surface area contributed by atoms with Gasteiger partial charge in [0.05, 0.1) is 17.1 Å². The zero-order valence-corrected chi connectivity index (χ0v) is 11.4. The standard InChI is InChI=1S/C13H11ClFNO2S/c14-11-4-1-8(15)5-12(11)16-7-10-3-2-9(19-10)6-13(17)18/h1-5,16H,6-7H2,(H,17,18). The molecule has 0 aliphatic heterocycles. The van der Waals surface area contributed by atoms with Gasteiger partial charge in [-0.15, -0.1) is 11.3 Å². The molecule has 0 amide bonds. The first-order chi connectivity index (χ1) is 9.04. The first-order valence-corrected chi connectivity index (χ1v) is 6.72. The first-order valence-electron chi connectivity index (χ1n) is 5.53. The molecular formula is C13H11ClFNO2S. The molecule has 0 spiro atoms. The predicted octanol–water partition coefficient (Wildman–Crippen LogP) is 3.78. The highest BCUT2D eigenvalue weighted by molar-refractivity contribution is 7.12. The zero-order valence-electron chi connectivity index (χ0n) is 9.82. The normalized spacial score (nSPS) is 10.4. The molecule has 2 aromatic rings. The third-order valence-corrected chi connectivity index (χ3v) is 3.84. The molecule has 0 bridgehead atoms. The van der Waals surface area contributed by atoms with Crippen molar-refractivity contribution in [2.75, 3.05) is 5.32 Å². The van der Waals surface area contributed by atoms with Crippen molar-refractivity contribution in [3.8, 4) is 0 Å². The predicted molar refractivity (Wildman–Crippen MR) is 74.4 cm³/mol. The van der Waals surface area contributed by atoms with E-state index in [-0.39, 0.29) is 12.2 Å². The summed E-state index contributed by atoms with van der Waals surface area (Å²) in [6.07, 6.45) is 0.0192. The van der Waals surface area contributed by atoms with Gasteiger partial charge < -0.3 is 10.4 Å². The van der Waals surface area contributed by atoms with Crippen LogP contribution in [0.15, 0.2) is 30.3 Å². The Morgan fingerprint density at radius 3 is 2.79 bits per heavy atom. The summed E-state index contributed by atoms with van der Waals surface area (Å²) in [5.41, 5.74) is 0.523. The molecule has 0 fully saturated rings. The minimum atomic E-state index is -0.852. The van der Waals surface area contributed by atoms with Crippen LogP contribution in [0.1, 0.15) is 9.75 Å². The Morgan fingerprint density at radius 1 is 1.32 bits per heavy atom. The summed E-state index contributed by atoms with van der Waals surface area (Å²) in [7, 11) is 0. The van der Waals surface area contributed by atoms with Crippen LogP contribution in [-0.4, -0.2) is 11.1 Å². The van der Waals surface area contributed by atoms with Crippen molar-refractivity contribution < 1.29 is 14.3 Å². The number of rotatable bonds is 5. The number of thiophene rings is 1. The Balaban J connectivity index is 2.00. The lowest BCUT2D eigenvalue weighted by atomic mass is 10.3. The van der Waals surface area contributed by atoms with Gasteiger partial charge in [0.1, 0.15) is 5.82 Å². The molecule has 2 rings (SSSR count). The largest absolute Gasteiger partial charge is 0.481 e. The summed E-state index contributed by atoms with van der Waals surface area (Å²) in [5, 5.41) is 12.2. The van der Waals surface area contributed by atoms with E-state index in [1.165, 1.54) is 29.5 Å². The lowest BCUT2D eigenvalue weighted by Gasteiger charge is -2.06. The molecule has 1 heterocycles. The van der Waals surface area contributed by atoms with E-state index in [1.807, 2.05) is 6.07 Å². The van der Waals surface area contributed by atoms with Gasteiger partial charge in [0.2, 0.25) is 0 Å². The maximum absolute atomic E-state index is 13.1. The van der Waals surface area contributed by atoms with Crippen LogP contribution in [0.25, 0.3) is 0 Å². The van der Waals surface area contributed by atoms with Crippen LogP contribution >= 0.6 is 22.9 Å². The van der Waals surface area contributed by atoms with Crippen LogP contribution in [0.4, 0.5) is 10.1 Å². The van der Waals surface area contributed by atoms with Crippen molar-refractivity contribution in [2.24, 2.45) is 0 Å². The van der Waals surface area contributed by atoms with Crippen LogP contribution in [0, 0.1) is 5.82 Å². The molecule has 0 radical (unpaired) electrons. The first kappa shape index (κ1) is 13.8. The minimum absolute atomic E-state index is 0.0192. The summed E-state index contributed by atoms with van der Waals surface area (Å²) in [6, 6.07) is 7.74. The lowest BCUT2D eigenvalue weighted by molar-refractivity contribution is -0.136. The number of carboxylic acids is 1. The van der Waals surface area contributed by atoms with E-state index in [9.17, 15) is 9.18 Å². The van der Waals surface area contributed by atoms with E-state index in [0.29, 0.717) is 17.3 Å². The van der Waals surface area contributed by atoms with Gasteiger partial charge >= 0.3 is 5.97 Å². The molecule has 0 aliphatic rings. The van der Waals surface area contributed by atoms with E-state index in [1.54, 1.807) is 6.07 Å². The van der Waals surface area contributed by atoms with Crippen molar-refractivity contribution in [2.45, 2.75) is 13.0 Å². The number of hydrogen-bond acceptors (Lipinski definition) is 3. The van der Waals surface area contributed by atoms with Crippen molar-refractivity contribution in [1.29, 1.82) is 0 Å². The zero-order chi connectivity index (χ0) is 13.8. The fourth-order valence-electron chi connectivity index (χ4n) is 1.58. The molecule has 0 saturated carbocycles. The summed E-state index contributed by atoms with van der Waals surface area (Å²) in [6.45, 7) is 0.480. The molecule has 100 valence electrons. The highest BCUT2D eigenvalue weighted by Gasteiger charge is 2.06. The van der Waals surface area contributed by atoms with Gasteiger partial charge in [0.15, 0.2) is 0 Å². The van der Waals surface area contributed by atoms with Gasteiger partial charge in [-0.3, -0.25) is 4.79 Å². The van der Waals surface area contributed by atoms with Gasteiger partial charge in [0.25, 0.3) is 0 Å². The van der Waals surface area contributed by atoms with Crippen molar-refractivity contribution in [1.82, 2.24) is 0 Å². The monoisotopic (exact) mass is 299 g/mol. The van der Waals surface area contributed by atoms with E-state index < -0.39 is 5.97 Å². The molecule has 0 saturated heterocycles. The average molecular weight is 300 g/mol. The molecular weight excluding hydrogens is 289 g/mol. The van der Waals surface area contributed by atoms with E-state index in [0.717, 1.165) is 9.75 Å². The molecule has 1 aromatic heterocycles. The number of carbonyl (C=O) groups is 1. The molecule has 2 N–H and O–H groups in total. The molecule has 19 heavy (non-hydrogen) atoms. The van der Waals surface area contributed by atoms with Crippen molar-refractivity contribution in [3.05, 3.63) is 50.9 Å². The highest BCUT2D eigenvalue weighted by atomic mass is 35.5. The number of benzene rings is 1. The third-order valence-electron chi connectivity index (χ3n) is 2.42. The maximum Gasteiger partial charge on any atom is 0.308 e. The number of hydrogen-bond donors (Lipinski definition) is 2. The van der Waals surface area contributed by atoms with E-state index in [2.05, 4.69) is 5.32 Å². The smallest absolute Gasteiger partial charge is 0.308 e. The lowest BCUT2D eigenvalue weighted by Crippen LogP contribution is -1.99. The Labute approximate surface area is 118 Å². The fraction of sp³-hybridized carbons (Fsp3) is 0.154. The second-order valence-electron chi connectivity index (χ2n) is 3.92. The third kappa shape index (κ3) is 3.94. The molecule has 3 nitrogen and oxygen atoms in total. The topological polar surface area (TPSA) is 49.3 Å². The van der Waals surface area contributed by atoms with E-state index in [4.69, 9.17) is 16.7 Å². The number of anilines is 1. The average Bonchev–Trinajstić information content (AvgIpc) is 2.77. The molecule has 0 aliphatic carbocycles. The van der Waals surface area contributed by atoms with Gasteiger partial charge in [-0.25, -0.2) is 4.39 Å². The molecule has 0 unspecified atom stereocenters. The summed E-state index contributed by atoms with van der Waals surface area (Å²) in [4.78, 5) is 12.3. The van der Waals surface area contributed by atoms with Crippen LogP contribution in [0.2, 0.25) is 5.02 Å². The van der Waals surface area contributed by atoms with E-state index >= 15 is 0 Å². The number of halogens is 2. The Kier molecular flexibility index (Phi) is 4.39. The molecule has 6 heteroatoms. The number of carboxylic acid groups (broad SMARTS) is 1. The highest BCUT2D eigenvalue weighted by Crippen LogP contribution is 2.24. The summed E-state index contributed by atoms with van der Waals surface area (Å²) >= 11 is 7.34. The van der Waals surface area contributed by atoms with Gasteiger partial charge in [-0.2, -0.15) is 0 Å². The summed E-state index contributed by atoms with van der Waals surface area (Å²) in [5.74, 6) is -1.21.